The number of aryl methyl sites for hydroxylation is 2. The summed E-state index contributed by atoms with van der Waals surface area (Å²) in [5.41, 5.74) is 0.0597. The summed E-state index contributed by atoms with van der Waals surface area (Å²) in [6, 6.07) is 4.26. The smallest absolute Gasteiger partial charge is 0.310 e. The molecule has 0 saturated heterocycles. The fourth-order valence-corrected chi connectivity index (χ4v) is 2.62. The van der Waals surface area contributed by atoms with Crippen molar-refractivity contribution in [3.05, 3.63) is 86.6 Å². The fourth-order valence-electron chi connectivity index (χ4n) is 2.62. The van der Waals surface area contributed by atoms with E-state index in [2.05, 4.69) is 10.3 Å². The van der Waals surface area contributed by atoms with Gasteiger partial charge in [-0.05, 0) is 54.8 Å². The summed E-state index contributed by atoms with van der Waals surface area (Å²) in [5.74, 6) is -6.16. The number of anilines is 2. The number of rotatable bonds is 4. The van der Waals surface area contributed by atoms with Crippen molar-refractivity contribution in [2.45, 2.75) is 20.4 Å². The zero-order valence-electron chi connectivity index (χ0n) is 14.8. The standard InChI is InChI=1S/C19H14F5N3O/c1-9-4-16(10(2)3-12(9)20)25-19-26-18(28)15(23)8-27(19)7-11-5-13(21)17(24)14(22)6-11/h3-6,8H,7H2,1-2H3,(H,25,26,28). The SMILES string of the molecule is Cc1cc(Nc2nc(=O)c(F)cn2Cc2cc(F)c(F)c(F)c2)c(C)cc1F. The van der Waals surface area contributed by atoms with Crippen LogP contribution in [-0.2, 0) is 6.54 Å². The van der Waals surface area contributed by atoms with E-state index in [4.69, 9.17) is 0 Å². The van der Waals surface area contributed by atoms with E-state index in [1.807, 2.05) is 0 Å². The third kappa shape index (κ3) is 3.88. The molecule has 1 heterocycles. The van der Waals surface area contributed by atoms with Crippen molar-refractivity contribution in [3.8, 4) is 0 Å². The molecule has 0 spiro atoms. The summed E-state index contributed by atoms with van der Waals surface area (Å²) in [4.78, 5) is 15.2. The highest BCUT2D eigenvalue weighted by molar-refractivity contribution is 5.59. The zero-order valence-corrected chi connectivity index (χ0v) is 14.8. The molecule has 28 heavy (non-hydrogen) atoms. The van der Waals surface area contributed by atoms with E-state index < -0.39 is 34.6 Å². The van der Waals surface area contributed by atoms with Gasteiger partial charge < -0.3 is 9.88 Å². The van der Waals surface area contributed by atoms with Crippen molar-refractivity contribution in [2.75, 3.05) is 5.32 Å². The Morgan fingerprint density at radius 2 is 1.54 bits per heavy atom. The summed E-state index contributed by atoms with van der Waals surface area (Å²) < 4.78 is 68.5. The molecule has 3 aromatic rings. The van der Waals surface area contributed by atoms with Gasteiger partial charge in [0.15, 0.2) is 17.5 Å². The maximum Gasteiger partial charge on any atom is 0.310 e. The van der Waals surface area contributed by atoms with Crippen LogP contribution in [0.4, 0.5) is 33.6 Å². The van der Waals surface area contributed by atoms with E-state index in [0.717, 1.165) is 22.9 Å². The molecule has 4 nitrogen and oxygen atoms in total. The predicted molar refractivity (Wildman–Crippen MR) is 93.0 cm³/mol. The maximum atomic E-state index is 13.7. The second-order valence-corrected chi connectivity index (χ2v) is 6.26. The molecule has 0 saturated carbocycles. The van der Waals surface area contributed by atoms with Gasteiger partial charge in [0.25, 0.3) is 0 Å². The predicted octanol–water partition coefficient (Wildman–Crippen LogP) is 4.35. The minimum atomic E-state index is -1.62. The number of hydrogen-bond donors (Lipinski definition) is 1. The van der Waals surface area contributed by atoms with E-state index in [0.29, 0.717) is 16.8 Å². The second-order valence-electron chi connectivity index (χ2n) is 6.26. The lowest BCUT2D eigenvalue weighted by molar-refractivity contribution is 0.444. The first-order chi connectivity index (χ1) is 13.2. The van der Waals surface area contributed by atoms with Gasteiger partial charge in [-0.2, -0.15) is 9.37 Å². The van der Waals surface area contributed by atoms with Crippen LogP contribution in [-0.4, -0.2) is 9.55 Å². The minimum Gasteiger partial charge on any atom is -0.325 e. The molecule has 0 aliphatic heterocycles. The van der Waals surface area contributed by atoms with E-state index in [9.17, 15) is 26.7 Å². The van der Waals surface area contributed by atoms with Crippen LogP contribution >= 0.6 is 0 Å². The van der Waals surface area contributed by atoms with Crippen LogP contribution in [0.25, 0.3) is 0 Å². The van der Waals surface area contributed by atoms with Crippen molar-refractivity contribution in [3.63, 3.8) is 0 Å². The van der Waals surface area contributed by atoms with Gasteiger partial charge in [0.05, 0.1) is 6.54 Å². The van der Waals surface area contributed by atoms with E-state index in [-0.39, 0.29) is 18.1 Å². The first-order valence-electron chi connectivity index (χ1n) is 8.10. The van der Waals surface area contributed by atoms with Crippen LogP contribution in [0, 0.1) is 42.9 Å². The van der Waals surface area contributed by atoms with Crippen LogP contribution in [0.3, 0.4) is 0 Å². The Labute approximate surface area is 156 Å². The van der Waals surface area contributed by atoms with Crippen molar-refractivity contribution in [1.29, 1.82) is 0 Å². The second kappa shape index (κ2) is 7.41. The third-order valence-corrected chi connectivity index (χ3v) is 4.10. The minimum absolute atomic E-state index is 0.0173. The van der Waals surface area contributed by atoms with Crippen molar-refractivity contribution < 1.29 is 22.0 Å². The molecular formula is C19H14F5N3O. The highest BCUT2D eigenvalue weighted by Crippen LogP contribution is 2.23. The number of aromatic nitrogens is 2. The molecule has 0 radical (unpaired) electrons. The molecule has 0 bridgehead atoms. The molecule has 9 heteroatoms. The van der Waals surface area contributed by atoms with Crippen molar-refractivity contribution in [2.24, 2.45) is 0 Å². The summed E-state index contributed by atoms with van der Waals surface area (Å²) in [5, 5.41) is 2.79. The highest BCUT2D eigenvalue weighted by atomic mass is 19.2. The zero-order chi connectivity index (χ0) is 20.6. The molecular weight excluding hydrogens is 381 g/mol. The Balaban J connectivity index is 2.04. The molecule has 0 aliphatic rings. The van der Waals surface area contributed by atoms with Crippen molar-refractivity contribution in [1.82, 2.24) is 9.55 Å². The summed E-state index contributed by atoms with van der Waals surface area (Å²) in [6.07, 6.45) is 0.808. The van der Waals surface area contributed by atoms with Gasteiger partial charge in [0.1, 0.15) is 5.82 Å². The summed E-state index contributed by atoms with van der Waals surface area (Å²) in [6.45, 7) is 2.84. The van der Waals surface area contributed by atoms with Gasteiger partial charge >= 0.3 is 5.56 Å². The average molecular weight is 395 g/mol. The molecule has 2 aromatic carbocycles. The molecule has 1 aromatic heterocycles. The fraction of sp³-hybridized carbons (Fsp3) is 0.158. The van der Waals surface area contributed by atoms with Crippen LogP contribution in [0.5, 0.6) is 0 Å². The van der Waals surface area contributed by atoms with Gasteiger partial charge in [-0.15, -0.1) is 0 Å². The Morgan fingerprint density at radius 3 is 2.18 bits per heavy atom. The number of nitrogens with one attached hydrogen (secondary N) is 1. The molecule has 0 unspecified atom stereocenters. The lowest BCUT2D eigenvalue weighted by Crippen LogP contribution is -2.20. The topological polar surface area (TPSA) is 46.9 Å². The molecule has 0 atom stereocenters. The molecule has 3 rings (SSSR count). The van der Waals surface area contributed by atoms with Gasteiger partial charge in [-0.25, -0.2) is 17.6 Å². The monoisotopic (exact) mass is 395 g/mol. The number of hydrogen-bond acceptors (Lipinski definition) is 3. The van der Waals surface area contributed by atoms with Gasteiger partial charge in [0.2, 0.25) is 11.8 Å². The quantitative estimate of drug-likeness (QED) is 0.528. The molecule has 1 N–H and O–H groups in total. The van der Waals surface area contributed by atoms with Gasteiger partial charge in [-0.1, -0.05) is 0 Å². The first kappa shape index (κ1) is 19.5. The number of benzene rings is 2. The van der Waals surface area contributed by atoms with Gasteiger partial charge in [-0.3, -0.25) is 4.79 Å². The maximum absolute atomic E-state index is 13.7. The number of nitrogens with zero attached hydrogens (tertiary/aromatic N) is 2. The third-order valence-electron chi connectivity index (χ3n) is 4.10. The van der Waals surface area contributed by atoms with Crippen LogP contribution in [0.2, 0.25) is 0 Å². The largest absolute Gasteiger partial charge is 0.325 e. The highest BCUT2D eigenvalue weighted by Gasteiger charge is 2.15. The summed E-state index contributed by atoms with van der Waals surface area (Å²) in [7, 11) is 0. The molecule has 0 aliphatic carbocycles. The first-order valence-corrected chi connectivity index (χ1v) is 8.10. The summed E-state index contributed by atoms with van der Waals surface area (Å²) >= 11 is 0. The Hall–Kier alpha value is -3.23. The molecule has 0 amide bonds. The average Bonchev–Trinajstić information content (AvgIpc) is 2.61. The molecule has 146 valence electrons. The van der Waals surface area contributed by atoms with Gasteiger partial charge in [0, 0.05) is 11.9 Å². The normalized spacial score (nSPS) is 11.0. The Morgan fingerprint density at radius 1 is 0.893 bits per heavy atom. The van der Waals surface area contributed by atoms with Crippen LogP contribution in [0.15, 0.2) is 35.3 Å². The van der Waals surface area contributed by atoms with E-state index >= 15 is 0 Å². The van der Waals surface area contributed by atoms with E-state index in [1.165, 1.54) is 19.1 Å². The lowest BCUT2D eigenvalue weighted by Gasteiger charge is -2.16. The lowest BCUT2D eigenvalue weighted by atomic mass is 10.1. The Bertz CT molecular complexity index is 1100. The Kier molecular flexibility index (Phi) is 5.17. The van der Waals surface area contributed by atoms with E-state index in [1.54, 1.807) is 6.92 Å². The molecule has 0 fully saturated rings. The van der Waals surface area contributed by atoms with Crippen LogP contribution < -0.4 is 10.9 Å². The van der Waals surface area contributed by atoms with Crippen molar-refractivity contribution >= 4 is 11.6 Å². The number of halogens is 5. The van der Waals surface area contributed by atoms with Crippen LogP contribution in [0.1, 0.15) is 16.7 Å².